The van der Waals surface area contributed by atoms with Crippen LogP contribution in [0.4, 0.5) is 4.79 Å². The second kappa shape index (κ2) is 15.8. The fourth-order valence-electron chi connectivity index (χ4n) is 5.30. The lowest BCUT2D eigenvalue weighted by atomic mass is 9.86. The van der Waals surface area contributed by atoms with Crippen molar-refractivity contribution in [3.63, 3.8) is 0 Å². The average Bonchev–Trinajstić information content (AvgIpc) is 3.68. The number of carbonyl (C=O) groups is 4. The van der Waals surface area contributed by atoms with E-state index in [4.69, 9.17) is 0 Å². The Labute approximate surface area is 264 Å². The van der Waals surface area contributed by atoms with Crippen LogP contribution in [-0.4, -0.2) is 84.3 Å². The number of nitrogens with one attached hydrogen (secondary N) is 3. The van der Waals surface area contributed by atoms with Crippen LogP contribution < -0.4 is 16.0 Å². The van der Waals surface area contributed by atoms with E-state index in [1.54, 1.807) is 11.4 Å². The fraction of sp³-hybridized carbons (Fsp3) is 0.667. The third kappa shape index (κ3) is 9.51. The van der Waals surface area contributed by atoms with Gasteiger partial charge in [-0.05, 0) is 55.4 Å². The number of allylic oxidation sites excluding steroid dienone is 2. The molecule has 4 amide bonds. The molecule has 1 saturated heterocycles. The van der Waals surface area contributed by atoms with Gasteiger partial charge in [0.15, 0.2) is 0 Å². The van der Waals surface area contributed by atoms with Gasteiger partial charge in [0, 0.05) is 30.6 Å². The molecule has 0 aliphatic carbocycles. The molecule has 1 aromatic rings. The van der Waals surface area contributed by atoms with E-state index in [1.807, 2.05) is 32.9 Å². The van der Waals surface area contributed by atoms with Crippen molar-refractivity contribution in [2.75, 3.05) is 19.6 Å². The lowest BCUT2D eigenvalue weighted by Crippen LogP contribution is -2.55. The molecular weight excluding hydrogens is 606 g/mol. The summed E-state index contributed by atoms with van der Waals surface area (Å²) in [5.41, 5.74) is -0.490. The number of hydrogen-bond donors (Lipinski definition) is 4. The number of rotatable bonds is 15. The van der Waals surface area contributed by atoms with Crippen molar-refractivity contribution in [2.24, 2.45) is 5.41 Å². The van der Waals surface area contributed by atoms with Crippen molar-refractivity contribution in [1.82, 2.24) is 25.2 Å². The van der Waals surface area contributed by atoms with Gasteiger partial charge in [0.25, 0.3) is 0 Å². The second-order valence-electron chi connectivity index (χ2n) is 12.4. The van der Waals surface area contributed by atoms with Gasteiger partial charge >= 0.3 is 12.0 Å². The van der Waals surface area contributed by atoms with E-state index < -0.39 is 57.4 Å². The molecule has 2 aliphatic rings. The number of likely N-dealkylation sites (tertiary alicyclic amines) is 1. The van der Waals surface area contributed by atoms with E-state index in [2.05, 4.69) is 22.9 Å². The Morgan fingerprint density at radius 1 is 1.14 bits per heavy atom. The first-order chi connectivity index (χ1) is 20.8. The van der Waals surface area contributed by atoms with E-state index >= 15 is 0 Å². The topological polar surface area (TPSA) is 165 Å². The number of thiophene rings is 1. The van der Waals surface area contributed by atoms with Gasteiger partial charge in [-0.25, -0.2) is 18.0 Å². The number of carboxylic acid groups (broad SMARTS) is 1. The minimum absolute atomic E-state index is 0.0718. The predicted octanol–water partition coefficient (Wildman–Crippen LogP) is 3.44. The Hall–Kier alpha value is -2.97. The van der Waals surface area contributed by atoms with Crippen molar-refractivity contribution >= 4 is 45.2 Å². The molecule has 3 heterocycles. The average molecular weight is 654 g/mol. The summed E-state index contributed by atoms with van der Waals surface area (Å²) >= 11 is 1.38. The number of hydrogen-bond acceptors (Lipinski definition) is 7. The normalized spacial score (nSPS) is 19.5. The van der Waals surface area contributed by atoms with Crippen LogP contribution in [0.1, 0.15) is 83.9 Å². The number of nitrogens with zero attached hydrogens (tertiary/aromatic N) is 2. The number of unbranched alkanes of at least 4 members (excludes halogenated alkanes) is 3. The maximum Gasteiger partial charge on any atom is 0.326 e. The van der Waals surface area contributed by atoms with E-state index in [0.717, 1.165) is 30.6 Å². The highest BCUT2D eigenvalue weighted by atomic mass is 32.2. The van der Waals surface area contributed by atoms with Crippen LogP contribution in [-0.2, 0) is 31.0 Å². The molecule has 12 nitrogen and oxygen atoms in total. The molecule has 4 N–H and O–H groups in total. The molecule has 1 aromatic heterocycles. The SMILES string of the molecule is CCCCC/C=C\CC[C@H](NC(=O)[C@@H]1CCCN1C(=O)CNC(=O)NC(CN1Cc2sccc2S1(=O)=O)C(C)(C)C)C(=O)O. The Morgan fingerprint density at radius 2 is 1.86 bits per heavy atom. The molecule has 0 aromatic carbocycles. The molecular formula is C30H47N5O7S2. The first-order valence-corrected chi connectivity index (χ1v) is 17.7. The zero-order chi connectivity index (χ0) is 32.5. The second-order valence-corrected chi connectivity index (χ2v) is 15.3. The zero-order valence-corrected chi connectivity index (χ0v) is 27.8. The minimum Gasteiger partial charge on any atom is -0.480 e. The van der Waals surface area contributed by atoms with Gasteiger partial charge in [-0.3, -0.25) is 9.59 Å². The quantitative estimate of drug-likeness (QED) is 0.166. The first-order valence-electron chi connectivity index (χ1n) is 15.3. The number of carbonyl (C=O) groups excluding carboxylic acids is 3. The summed E-state index contributed by atoms with van der Waals surface area (Å²) in [6, 6.07) is -1.47. The Bertz CT molecular complexity index is 1300. The van der Waals surface area contributed by atoms with Crippen LogP contribution in [0, 0.1) is 5.41 Å². The van der Waals surface area contributed by atoms with Gasteiger partial charge in [-0.1, -0.05) is 52.7 Å². The molecule has 3 rings (SSSR count). The van der Waals surface area contributed by atoms with Crippen LogP contribution in [0.25, 0.3) is 0 Å². The molecule has 246 valence electrons. The van der Waals surface area contributed by atoms with Crippen LogP contribution in [0.15, 0.2) is 28.5 Å². The Morgan fingerprint density at radius 3 is 2.52 bits per heavy atom. The van der Waals surface area contributed by atoms with Crippen LogP contribution >= 0.6 is 11.3 Å². The maximum absolute atomic E-state index is 13.0. The Balaban J connectivity index is 1.50. The number of fused-ring (bicyclic) bond motifs is 1. The number of aliphatic carboxylic acids is 1. The van der Waals surface area contributed by atoms with Gasteiger partial charge < -0.3 is 26.0 Å². The standard InChI is InChI=1S/C30H47N5O7S2/c1-5-6-7-8-9-10-11-13-21(28(38)39)32-27(37)22-14-12-16-35(22)26(36)18-31-29(40)33-25(30(2,3)4)20-34-19-23-24(15-17-43-23)44(34,41)42/h9-10,15,17,21-22,25H,5-8,11-14,16,18-20H2,1-4H3,(H,32,37)(H,38,39)(H2,31,33,40)/b10-9-/t21-,22-,25?/m0/s1. The smallest absolute Gasteiger partial charge is 0.326 e. The summed E-state index contributed by atoms with van der Waals surface area (Å²) in [7, 11) is -3.64. The summed E-state index contributed by atoms with van der Waals surface area (Å²) in [6.07, 6.45) is 10.0. The minimum atomic E-state index is -3.64. The largest absolute Gasteiger partial charge is 0.480 e. The van der Waals surface area contributed by atoms with Crippen molar-refractivity contribution in [3.05, 3.63) is 28.5 Å². The number of amides is 4. The van der Waals surface area contributed by atoms with Gasteiger partial charge in [-0.2, -0.15) is 4.31 Å². The molecule has 0 saturated carbocycles. The van der Waals surface area contributed by atoms with E-state index in [9.17, 15) is 32.7 Å². The first kappa shape index (κ1) is 35.5. The Kier molecular flexibility index (Phi) is 12.8. The lowest BCUT2D eigenvalue weighted by Gasteiger charge is -2.34. The van der Waals surface area contributed by atoms with Gasteiger partial charge in [0.1, 0.15) is 12.1 Å². The van der Waals surface area contributed by atoms with Gasteiger partial charge in [0.05, 0.1) is 11.4 Å². The monoisotopic (exact) mass is 653 g/mol. The molecule has 2 aliphatic heterocycles. The molecule has 1 fully saturated rings. The number of carboxylic acids is 1. The molecule has 14 heteroatoms. The summed E-state index contributed by atoms with van der Waals surface area (Å²) in [4.78, 5) is 53.1. The molecule has 3 atom stereocenters. The summed E-state index contributed by atoms with van der Waals surface area (Å²) in [5.74, 6) is -2.11. The predicted molar refractivity (Wildman–Crippen MR) is 169 cm³/mol. The third-order valence-corrected chi connectivity index (χ3v) is 11.0. The highest BCUT2D eigenvalue weighted by molar-refractivity contribution is 7.89. The van der Waals surface area contributed by atoms with Crippen LogP contribution in [0.3, 0.4) is 0 Å². The fourth-order valence-corrected chi connectivity index (χ4v) is 8.23. The summed E-state index contributed by atoms with van der Waals surface area (Å²) in [6.45, 7) is 8.09. The van der Waals surface area contributed by atoms with Crippen molar-refractivity contribution in [1.29, 1.82) is 0 Å². The number of urea groups is 1. The van der Waals surface area contributed by atoms with Crippen LogP contribution in [0.2, 0.25) is 0 Å². The van der Waals surface area contributed by atoms with Crippen molar-refractivity contribution in [2.45, 2.75) is 109 Å². The van der Waals surface area contributed by atoms with Crippen molar-refractivity contribution < 1.29 is 32.7 Å². The van der Waals surface area contributed by atoms with Crippen molar-refractivity contribution in [3.8, 4) is 0 Å². The molecule has 0 spiro atoms. The molecule has 44 heavy (non-hydrogen) atoms. The van der Waals surface area contributed by atoms with Gasteiger partial charge in [0.2, 0.25) is 21.8 Å². The molecule has 1 unspecified atom stereocenters. The number of sulfonamides is 1. The van der Waals surface area contributed by atoms with E-state index in [-0.39, 0.29) is 26.1 Å². The highest BCUT2D eigenvalue weighted by Gasteiger charge is 2.40. The lowest BCUT2D eigenvalue weighted by molar-refractivity contribution is -0.143. The van der Waals surface area contributed by atoms with E-state index in [1.165, 1.54) is 20.5 Å². The third-order valence-electron chi connectivity index (χ3n) is 8.03. The summed E-state index contributed by atoms with van der Waals surface area (Å²) < 4.78 is 27.2. The highest BCUT2D eigenvalue weighted by Crippen LogP contribution is 2.35. The van der Waals surface area contributed by atoms with Gasteiger partial charge in [-0.15, -0.1) is 11.3 Å². The van der Waals surface area contributed by atoms with Crippen LogP contribution in [0.5, 0.6) is 0 Å². The molecule has 0 bridgehead atoms. The van der Waals surface area contributed by atoms with E-state index in [0.29, 0.717) is 30.7 Å². The zero-order valence-electron chi connectivity index (χ0n) is 26.1. The maximum atomic E-state index is 13.0. The summed E-state index contributed by atoms with van der Waals surface area (Å²) in [5, 5.41) is 19.3. The molecule has 0 radical (unpaired) electrons.